The third kappa shape index (κ3) is 0.926. The van der Waals surface area contributed by atoms with Crippen molar-refractivity contribution < 1.29 is 10.2 Å². The molecular formula is C9H16O2. The number of aliphatic hydroxyl groups excluding tert-OH is 2. The first-order valence-electron chi connectivity index (χ1n) is 4.44. The topological polar surface area (TPSA) is 40.5 Å². The average Bonchev–Trinajstić information content (AvgIpc) is 2.44. The molecular weight excluding hydrogens is 140 g/mol. The second kappa shape index (κ2) is 2.20. The Morgan fingerprint density at radius 2 is 2.18 bits per heavy atom. The van der Waals surface area contributed by atoms with Gasteiger partial charge in [0.05, 0.1) is 6.10 Å². The third-order valence-corrected chi connectivity index (χ3v) is 3.64. The summed E-state index contributed by atoms with van der Waals surface area (Å²) in [5, 5.41) is 18.7. The molecule has 0 amide bonds. The fourth-order valence-electron chi connectivity index (χ4n) is 3.03. The van der Waals surface area contributed by atoms with Crippen molar-refractivity contribution in [1.82, 2.24) is 0 Å². The summed E-state index contributed by atoms with van der Waals surface area (Å²) in [4.78, 5) is 0. The first kappa shape index (κ1) is 7.56. The molecule has 4 atom stereocenters. The molecule has 0 radical (unpaired) electrons. The minimum Gasteiger partial charge on any atom is -0.396 e. The number of aliphatic hydroxyl groups is 2. The molecule has 2 fully saturated rings. The molecule has 0 spiro atoms. The molecule has 2 bridgehead atoms. The molecule has 2 N–H and O–H groups in total. The molecule has 2 aliphatic rings. The van der Waals surface area contributed by atoms with Gasteiger partial charge in [0.25, 0.3) is 0 Å². The van der Waals surface area contributed by atoms with Crippen LogP contribution in [0.2, 0.25) is 0 Å². The highest BCUT2D eigenvalue weighted by atomic mass is 16.3. The molecule has 4 unspecified atom stereocenters. The molecule has 0 saturated heterocycles. The molecule has 2 aliphatic carbocycles. The minimum atomic E-state index is -0.133. The van der Waals surface area contributed by atoms with Gasteiger partial charge in [-0.3, -0.25) is 0 Å². The van der Waals surface area contributed by atoms with Crippen LogP contribution >= 0.6 is 0 Å². The maximum absolute atomic E-state index is 9.57. The Bertz CT molecular complexity index is 169. The Morgan fingerprint density at radius 3 is 2.55 bits per heavy atom. The lowest BCUT2D eigenvalue weighted by Gasteiger charge is -2.34. The Kier molecular flexibility index (Phi) is 1.52. The summed E-state index contributed by atoms with van der Waals surface area (Å²) in [6, 6.07) is 0. The predicted octanol–water partition coefficient (Wildman–Crippen LogP) is 0.776. The largest absolute Gasteiger partial charge is 0.396 e. The Morgan fingerprint density at radius 1 is 1.45 bits per heavy atom. The lowest BCUT2D eigenvalue weighted by atomic mass is 9.74. The lowest BCUT2D eigenvalue weighted by molar-refractivity contribution is -0.00151. The van der Waals surface area contributed by atoms with Gasteiger partial charge in [0.1, 0.15) is 0 Å². The standard InChI is InChI=1S/C9H16O2/c1-9(5-10)4-6-2-7(9)8(11)3-6/h6-8,10-11H,2-5H2,1H3. The van der Waals surface area contributed by atoms with E-state index in [4.69, 9.17) is 5.11 Å². The van der Waals surface area contributed by atoms with Crippen molar-refractivity contribution in [2.24, 2.45) is 17.3 Å². The van der Waals surface area contributed by atoms with Gasteiger partial charge in [-0.05, 0) is 36.5 Å². The Labute approximate surface area is 67.2 Å². The minimum absolute atomic E-state index is 0.0301. The van der Waals surface area contributed by atoms with Crippen LogP contribution < -0.4 is 0 Å². The van der Waals surface area contributed by atoms with E-state index in [0.717, 1.165) is 19.3 Å². The van der Waals surface area contributed by atoms with E-state index in [9.17, 15) is 5.11 Å². The first-order chi connectivity index (χ1) is 5.15. The van der Waals surface area contributed by atoms with Crippen molar-refractivity contribution in [3.8, 4) is 0 Å². The van der Waals surface area contributed by atoms with Crippen molar-refractivity contribution in [2.45, 2.75) is 32.3 Å². The summed E-state index contributed by atoms with van der Waals surface area (Å²) in [5.74, 6) is 1.06. The summed E-state index contributed by atoms with van der Waals surface area (Å²) in [5.41, 5.74) is 0.0301. The van der Waals surface area contributed by atoms with Crippen LogP contribution in [0, 0.1) is 17.3 Å². The molecule has 0 aromatic heterocycles. The number of fused-ring (bicyclic) bond motifs is 2. The number of hydrogen-bond acceptors (Lipinski definition) is 2. The maximum atomic E-state index is 9.57. The highest BCUT2D eigenvalue weighted by molar-refractivity contribution is 5.01. The zero-order valence-corrected chi connectivity index (χ0v) is 6.95. The molecule has 64 valence electrons. The summed E-state index contributed by atoms with van der Waals surface area (Å²) < 4.78 is 0. The second-order valence-corrected chi connectivity index (χ2v) is 4.53. The summed E-state index contributed by atoms with van der Waals surface area (Å²) in [6.07, 6.45) is 3.09. The smallest absolute Gasteiger partial charge is 0.0577 e. The Balaban J connectivity index is 2.18. The molecule has 0 aliphatic heterocycles. The molecule has 0 heterocycles. The fourth-order valence-corrected chi connectivity index (χ4v) is 3.03. The van der Waals surface area contributed by atoms with Crippen LogP contribution in [0.5, 0.6) is 0 Å². The van der Waals surface area contributed by atoms with Crippen LogP contribution in [0.4, 0.5) is 0 Å². The van der Waals surface area contributed by atoms with Crippen LogP contribution in [-0.4, -0.2) is 22.9 Å². The van der Waals surface area contributed by atoms with Gasteiger partial charge in [-0.2, -0.15) is 0 Å². The van der Waals surface area contributed by atoms with Crippen molar-refractivity contribution in [1.29, 1.82) is 0 Å². The normalized spacial score (nSPS) is 55.4. The summed E-state index contributed by atoms with van der Waals surface area (Å²) in [7, 11) is 0. The van der Waals surface area contributed by atoms with Gasteiger partial charge in [0.2, 0.25) is 0 Å². The van der Waals surface area contributed by atoms with Gasteiger partial charge >= 0.3 is 0 Å². The van der Waals surface area contributed by atoms with Gasteiger partial charge in [0, 0.05) is 6.61 Å². The molecule has 2 nitrogen and oxygen atoms in total. The maximum Gasteiger partial charge on any atom is 0.0577 e. The third-order valence-electron chi connectivity index (χ3n) is 3.64. The van der Waals surface area contributed by atoms with Crippen molar-refractivity contribution in [3.05, 3.63) is 0 Å². The molecule has 11 heavy (non-hydrogen) atoms. The van der Waals surface area contributed by atoms with E-state index in [2.05, 4.69) is 6.92 Å². The van der Waals surface area contributed by atoms with Crippen LogP contribution in [0.3, 0.4) is 0 Å². The van der Waals surface area contributed by atoms with Gasteiger partial charge in [-0.25, -0.2) is 0 Å². The van der Waals surface area contributed by atoms with Gasteiger partial charge in [-0.1, -0.05) is 6.92 Å². The lowest BCUT2D eigenvalue weighted by Crippen LogP contribution is -2.36. The van der Waals surface area contributed by atoms with E-state index in [-0.39, 0.29) is 18.1 Å². The monoisotopic (exact) mass is 156 g/mol. The molecule has 2 heteroatoms. The van der Waals surface area contributed by atoms with Gasteiger partial charge in [-0.15, -0.1) is 0 Å². The average molecular weight is 156 g/mol. The van der Waals surface area contributed by atoms with Crippen LogP contribution in [0.25, 0.3) is 0 Å². The highest BCUT2D eigenvalue weighted by Gasteiger charge is 2.52. The summed E-state index contributed by atoms with van der Waals surface area (Å²) in [6.45, 7) is 2.34. The molecule has 0 aromatic carbocycles. The van der Waals surface area contributed by atoms with Crippen LogP contribution in [-0.2, 0) is 0 Å². The SMILES string of the molecule is CC1(CO)CC2CC(O)C1C2. The van der Waals surface area contributed by atoms with Crippen molar-refractivity contribution in [2.75, 3.05) is 6.61 Å². The van der Waals surface area contributed by atoms with Gasteiger partial charge in [0.15, 0.2) is 0 Å². The van der Waals surface area contributed by atoms with Crippen molar-refractivity contribution >= 4 is 0 Å². The van der Waals surface area contributed by atoms with E-state index in [0.29, 0.717) is 11.8 Å². The molecule has 2 rings (SSSR count). The molecule has 0 aromatic rings. The quantitative estimate of drug-likeness (QED) is 0.589. The Hall–Kier alpha value is -0.0800. The summed E-state index contributed by atoms with van der Waals surface area (Å²) >= 11 is 0. The van der Waals surface area contributed by atoms with Crippen LogP contribution in [0.1, 0.15) is 26.2 Å². The van der Waals surface area contributed by atoms with E-state index in [1.807, 2.05) is 0 Å². The van der Waals surface area contributed by atoms with E-state index in [1.54, 1.807) is 0 Å². The van der Waals surface area contributed by atoms with E-state index < -0.39 is 0 Å². The number of hydrogen-bond donors (Lipinski definition) is 2. The first-order valence-corrected chi connectivity index (χ1v) is 4.44. The predicted molar refractivity (Wildman–Crippen MR) is 42.0 cm³/mol. The van der Waals surface area contributed by atoms with E-state index in [1.165, 1.54) is 0 Å². The zero-order valence-electron chi connectivity index (χ0n) is 6.95. The van der Waals surface area contributed by atoms with Crippen LogP contribution in [0.15, 0.2) is 0 Å². The fraction of sp³-hybridized carbons (Fsp3) is 1.00. The van der Waals surface area contributed by atoms with Gasteiger partial charge < -0.3 is 10.2 Å². The number of rotatable bonds is 1. The second-order valence-electron chi connectivity index (χ2n) is 4.53. The van der Waals surface area contributed by atoms with E-state index >= 15 is 0 Å². The highest BCUT2D eigenvalue weighted by Crippen LogP contribution is 2.55. The van der Waals surface area contributed by atoms with Crippen molar-refractivity contribution in [3.63, 3.8) is 0 Å². The zero-order chi connectivity index (χ0) is 8.06. The molecule has 2 saturated carbocycles.